The SMILES string of the molecule is CC(C)(CN1CCC2(O)CCCCC2C1)C(=O)NN. The zero-order chi connectivity index (χ0) is 14.1. The van der Waals surface area contributed by atoms with Crippen LogP contribution in [0.4, 0.5) is 0 Å². The highest BCUT2D eigenvalue weighted by Gasteiger charge is 2.43. The van der Waals surface area contributed by atoms with Crippen LogP contribution in [0, 0.1) is 11.3 Å². The van der Waals surface area contributed by atoms with Crippen LogP contribution in [-0.4, -0.2) is 41.1 Å². The largest absolute Gasteiger partial charge is 0.390 e. The van der Waals surface area contributed by atoms with E-state index in [0.29, 0.717) is 12.5 Å². The third kappa shape index (κ3) is 3.09. The number of nitrogens with two attached hydrogens (primary N) is 1. The Morgan fingerprint density at radius 1 is 1.47 bits per heavy atom. The number of hydrogen-bond donors (Lipinski definition) is 3. The number of hydrogen-bond acceptors (Lipinski definition) is 4. The molecule has 2 unspecified atom stereocenters. The summed E-state index contributed by atoms with van der Waals surface area (Å²) in [6, 6.07) is 0. The maximum absolute atomic E-state index is 11.7. The molecule has 1 aliphatic carbocycles. The average molecular weight is 269 g/mol. The van der Waals surface area contributed by atoms with Crippen LogP contribution in [0.5, 0.6) is 0 Å². The number of rotatable bonds is 3. The van der Waals surface area contributed by atoms with E-state index < -0.39 is 11.0 Å². The molecule has 2 aliphatic rings. The molecule has 2 rings (SSSR count). The van der Waals surface area contributed by atoms with Crippen LogP contribution < -0.4 is 11.3 Å². The summed E-state index contributed by atoms with van der Waals surface area (Å²) in [5, 5.41) is 10.6. The highest BCUT2D eigenvalue weighted by Crippen LogP contribution is 2.40. The summed E-state index contributed by atoms with van der Waals surface area (Å²) in [6.07, 6.45) is 5.24. The van der Waals surface area contributed by atoms with Crippen LogP contribution in [-0.2, 0) is 4.79 Å². The number of carbonyl (C=O) groups excluding carboxylic acids is 1. The molecule has 5 nitrogen and oxygen atoms in total. The summed E-state index contributed by atoms with van der Waals surface area (Å²) >= 11 is 0. The van der Waals surface area contributed by atoms with Crippen LogP contribution in [0.15, 0.2) is 0 Å². The van der Waals surface area contributed by atoms with E-state index in [1.54, 1.807) is 0 Å². The zero-order valence-corrected chi connectivity index (χ0v) is 12.1. The van der Waals surface area contributed by atoms with E-state index in [1.807, 2.05) is 13.8 Å². The minimum absolute atomic E-state index is 0.128. The fraction of sp³-hybridized carbons (Fsp3) is 0.929. The summed E-state index contributed by atoms with van der Waals surface area (Å²) in [5.41, 5.74) is 1.31. The summed E-state index contributed by atoms with van der Waals surface area (Å²) in [7, 11) is 0. The predicted octanol–water partition coefficient (Wildman–Crippen LogP) is 0.630. The second-order valence-electron chi connectivity index (χ2n) is 6.89. The van der Waals surface area contributed by atoms with Crippen molar-refractivity contribution in [3.8, 4) is 0 Å². The molecule has 0 aromatic carbocycles. The Balaban J connectivity index is 1.96. The number of aliphatic hydroxyl groups is 1. The van der Waals surface area contributed by atoms with E-state index in [2.05, 4.69) is 10.3 Å². The molecule has 5 heteroatoms. The minimum Gasteiger partial charge on any atom is -0.390 e. The Hall–Kier alpha value is -0.650. The Bertz CT molecular complexity index is 346. The minimum atomic E-state index is -0.487. The van der Waals surface area contributed by atoms with Gasteiger partial charge in [0.05, 0.1) is 11.0 Å². The van der Waals surface area contributed by atoms with Gasteiger partial charge in [-0.1, -0.05) is 12.8 Å². The van der Waals surface area contributed by atoms with Crippen LogP contribution in [0.2, 0.25) is 0 Å². The quantitative estimate of drug-likeness (QED) is 0.399. The Labute approximate surface area is 115 Å². The van der Waals surface area contributed by atoms with E-state index in [4.69, 9.17) is 5.84 Å². The fourth-order valence-corrected chi connectivity index (χ4v) is 3.61. The van der Waals surface area contributed by atoms with Crippen LogP contribution in [0.25, 0.3) is 0 Å². The van der Waals surface area contributed by atoms with Gasteiger partial charge in [-0.15, -0.1) is 0 Å². The molecule has 0 aromatic heterocycles. The Kier molecular flexibility index (Phi) is 4.18. The Morgan fingerprint density at radius 3 is 2.89 bits per heavy atom. The predicted molar refractivity (Wildman–Crippen MR) is 74.1 cm³/mol. The molecule has 1 saturated heterocycles. The Morgan fingerprint density at radius 2 is 2.21 bits per heavy atom. The molecule has 1 heterocycles. The topological polar surface area (TPSA) is 78.6 Å². The van der Waals surface area contributed by atoms with Gasteiger partial charge < -0.3 is 10.0 Å². The molecule has 19 heavy (non-hydrogen) atoms. The molecule has 1 amide bonds. The van der Waals surface area contributed by atoms with Crippen molar-refractivity contribution in [2.45, 2.75) is 51.6 Å². The van der Waals surface area contributed by atoms with Crippen molar-refractivity contribution >= 4 is 5.91 Å². The van der Waals surface area contributed by atoms with Crippen molar-refractivity contribution in [3.63, 3.8) is 0 Å². The summed E-state index contributed by atoms with van der Waals surface area (Å²) < 4.78 is 0. The number of piperidine rings is 1. The first kappa shape index (κ1) is 14.8. The molecule has 0 aromatic rings. The smallest absolute Gasteiger partial charge is 0.240 e. The normalized spacial score (nSPS) is 32.7. The second kappa shape index (κ2) is 5.38. The molecular weight excluding hydrogens is 242 g/mol. The first-order chi connectivity index (χ1) is 8.87. The third-order valence-corrected chi connectivity index (χ3v) is 4.88. The van der Waals surface area contributed by atoms with E-state index >= 15 is 0 Å². The van der Waals surface area contributed by atoms with E-state index in [9.17, 15) is 9.90 Å². The lowest BCUT2D eigenvalue weighted by atomic mass is 9.71. The summed E-state index contributed by atoms with van der Waals surface area (Å²) in [4.78, 5) is 14.0. The molecular formula is C14H27N3O2. The molecule has 1 saturated carbocycles. The first-order valence-corrected chi connectivity index (χ1v) is 7.33. The lowest BCUT2D eigenvalue weighted by Crippen LogP contribution is -2.56. The lowest BCUT2D eigenvalue weighted by molar-refractivity contribution is -0.133. The molecule has 110 valence electrons. The molecule has 1 aliphatic heterocycles. The number of amides is 1. The monoisotopic (exact) mass is 269 g/mol. The van der Waals surface area contributed by atoms with Crippen LogP contribution >= 0.6 is 0 Å². The second-order valence-corrected chi connectivity index (χ2v) is 6.89. The highest BCUT2D eigenvalue weighted by molar-refractivity contribution is 5.81. The number of likely N-dealkylation sites (tertiary alicyclic amines) is 1. The maximum Gasteiger partial charge on any atom is 0.240 e. The number of nitrogens with one attached hydrogen (secondary N) is 1. The van der Waals surface area contributed by atoms with E-state index in [-0.39, 0.29) is 5.91 Å². The first-order valence-electron chi connectivity index (χ1n) is 7.33. The number of fused-ring (bicyclic) bond motifs is 1. The number of hydrazine groups is 1. The van der Waals surface area contributed by atoms with Gasteiger partial charge in [0.25, 0.3) is 0 Å². The fourth-order valence-electron chi connectivity index (χ4n) is 3.61. The number of carbonyl (C=O) groups is 1. The van der Waals surface area contributed by atoms with Gasteiger partial charge in [-0.05, 0) is 33.1 Å². The summed E-state index contributed by atoms with van der Waals surface area (Å²) in [6.45, 7) is 6.29. The molecule has 4 N–H and O–H groups in total. The van der Waals surface area contributed by atoms with E-state index in [1.165, 1.54) is 6.42 Å². The lowest BCUT2D eigenvalue weighted by Gasteiger charge is -2.48. The molecule has 0 spiro atoms. The van der Waals surface area contributed by atoms with Crippen molar-refractivity contribution in [1.29, 1.82) is 0 Å². The molecule has 0 bridgehead atoms. The van der Waals surface area contributed by atoms with Gasteiger partial charge in [0, 0.05) is 25.6 Å². The van der Waals surface area contributed by atoms with Gasteiger partial charge in [-0.25, -0.2) is 5.84 Å². The van der Waals surface area contributed by atoms with Crippen molar-refractivity contribution in [3.05, 3.63) is 0 Å². The summed E-state index contributed by atoms with van der Waals surface area (Å²) in [5.74, 6) is 5.47. The molecule has 2 atom stereocenters. The van der Waals surface area contributed by atoms with Crippen molar-refractivity contribution < 1.29 is 9.90 Å². The van der Waals surface area contributed by atoms with Gasteiger partial charge in [0.1, 0.15) is 0 Å². The highest BCUT2D eigenvalue weighted by atomic mass is 16.3. The van der Waals surface area contributed by atoms with Crippen molar-refractivity contribution in [2.24, 2.45) is 17.2 Å². The van der Waals surface area contributed by atoms with Crippen molar-refractivity contribution in [1.82, 2.24) is 10.3 Å². The molecule has 2 fully saturated rings. The third-order valence-electron chi connectivity index (χ3n) is 4.88. The van der Waals surface area contributed by atoms with Gasteiger partial charge >= 0.3 is 0 Å². The zero-order valence-electron chi connectivity index (χ0n) is 12.1. The van der Waals surface area contributed by atoms with Gasteiger partial charge in [0.2, 0.25) is 5.91 Å². The van der Waals surface area contributed by atoms with Gasteiger partial charge in [0.15, 0.2) is 0 Å². The number of nitrogens with zero attached hydrogens (tertiary/aromatic N) is 1. The molecule has 0 radical (unpaired) electrons. The average Bonchev–Trinajstić information content (AvgIpc) is 2.37. The van der Waals surface area contributed by atoms with Crippen LogP contribution in [0.1, 0.15) is 46.0 Å². The van der Waals surface area contributed by atoms with E-state index in [0.717, 1.165) is 38.8 Å². The van der Waals surface area contributed by atoms with Crippen molar-refractivity contribution in [2.75, 3.05) is 19.6 Å². The van der Waals surface area contributed by atoms with Gasteiger partial charge in [-0.2, -0.15) is 0 Å². The standard InChI is InChI=1S/C14H27N3O2/c1-13(2,12(18)16-15)10-17-8-7-14(19)6-4-3-5-11(14)9-17/h11,19H,3-10,15H2,1-2H3,(H,16,18). The maximum atomic E-state index is 11.7. The van der Waals surface area contributed by atoms with Crippen LogP contribution in [0.3, 0.4) is 0 Å². The van der Waals surface area contributed by atoms with Gasteiger partial charge in [-0.3, -0.25) is 10.2 Å².